The molecule has 0 aliphatic carbocycles. The molecule has 1 unspecified atom stereocenters. The van der Waals surface area contributed by atoms with Crippen molar-refractivity contribution in [1.29, 1.82) is 0 Å². The van der Waals surface area contributed by atoms with Crippen molar-refractivity contribution in [3.8, 4) is 0 Å². The van der Waals surface area contributed by atoms with Crippen LogP contribution in [-0.4, -0.2) is 61.6 Å². The number of nitrogens with one attached hydrogen (secondary N) is 1. The molecule has 1 N–H and O–H groups in total. The molecule has 0 spiro atoms. The Morgan fingerprint density at radius 3 is 2.86 bits per heavy atom. The average molecular weight is 302 g/mol. The zero-order chi connectivity index (χ0) is 15.5. The van der Waals surface area contributed by atoms with Gasteiger partial charge in [-0.05, 0) is 13.5 Å². The minimum Gasteiger partial charge on any atom is -0.347 e. The summed E-state index contributed by atoms with van der Waals surface area (Å²) in [5.74, 6) is 0.968. The number of hydrogen-bond donors (Lipinski definition) is 1. The molecular formula is C15H22N6O. The molecule has 2 aromatic rings. The van der Waals surface area contributed by atoms with Crippen molar-refractivity contribution >= 4 is 5.91 Å². The minimum atomic E-state index is 0.0482. The first-order valence-electron chi connectivity index (χ1n) is 7.78. The first-order valence-corrected chi connectivity index (χ1v) is 7.78. The summed E-state index contributed by atoms with van der Waals surface area (Å²) in [6.45, 7) is 8.11. The largest absolute Gasteiger partial charge is 0.347 e. The molecule has 3 heterocycles. The first kappa shape index (κ1) is 14.8. The van der Waals surface area contributed by atoms with E-state index in [1.54, 1.807) is 17.1 Å². The van der Waals surface area contributed by atoms with Crippen molar-refractivity contribution in [2.45, 2.75) is 26.4 Å². The van der Waals surface area contributed by atoms with Crippen LogP contribution < -0.4 is 0 Å². The molecule has 1 atom stereocenters. The summed E-state index contributed by atoms with van der Waals surface area (Å²) in [6, 6.07) is 0.124. The number of carbonyl (C=O) groups excluding carboxylic acids is 1. The summed E-state index contributed by atoms with van der Waals surface area (Å²) >= 11 is 0. The number of aromatic amines is 1. The number of rotatable bonds is 4. The molecule has 1 amide bonds. The van der Waals surface area contributed by atoms with Gasteiger partial charge in [-0.1, -0.05) is 6.92 Å². The molecular weight excluding hydrogens is 280 g/mol. The van der Waals surface area contributed by atoms with Crippen LogP contribution in [0.25, 0.3) is 0 Å². The summed E-state index contributed by atoms with van der Waals surface area (Å²) in [7, 11) is 0. The second-order valence-corrected chi connectivity index (χ2v) is 5.45. The number of hydrogen-bond acceptors (Lipinski definition) is 4. The van der Waals surface area contributed by atoms with Gasteiger partial charge in [0.1, 0.15) is 5.82 Å². The molecule has 7 heteroatoms. The highest BCUT2D eigenvalue weighted by Crippen LogP contribution is 2.23. The normalized spacial score (nSPS) is 19.5. The Hall–Kier alpha value is -2.15. The number of piperazine rings is 1. The lowest BCUT2D eigenvalue weighted by atomic mass is 10.1. The predicted molar refractivity (Wildman–Crippen MR) is 82.4 cm³/mol. The fourth-order valence-corrected chi connectivity index (χ4v) is 2.93. The topological polar surface area (TPSA) is 70.0 Å². The number of imidazole rings is 1. The van der Waals surface area contributed by atoms with Gasteiger partial charge in [0.25, 0.3) is 5.91 Å². The minimum absolute atomic E-state index is 0.0482. The fourth-order valence-electron chi connectivity index (χ4n) is 2.93. The Bertz CT molecular complexity index is 620. The number of amides is 1. The van der Waals surface area contributed by atoms with E-state index in [-0.39, 0.29) is 11.9 Å². The van der Waals surface area contributed by atoms with E-state index in [1.807, 2.05) is 24.2 Å². The van der Waals surface area contributed by atoms with Crippen LogP contribution in [0.1, 0.15) is 36.1 Å². The third-order valence-corrected chi connectivity index (χ3v) is 4.22. The second kappa shape index (κ2) is 6.31. The van der Waals surface area contributed by atoms with Gasteiger partial charge in [0.15, 0.2) is 0 Å². The lowest BCUT2D eigenvalue weighted by Crippen LogP contribution is -2.50. The summed E-state index contributed by atoms with van der Waals surface area (Å²) in [6.07, 6.45) is 7.06. The Balaban J connectivity index is 1.76. The average Bonchev–Trinajstić information content (AvgIpc) is 3.24. The third-order valence-electron chi connectivity index (χ3n) is 4.22. The Morgan fingerprint density at radius 2 is 2.23 bits per heavy atom. The molecule has 1 fully saturated rings. The Labute approximate surface area is 129 Å². The van der Waals surface area contributed by atoms with Crippen LogP contribution >= 0.6 is 0 Å². The van der Waals surface area contributed by atoms with Crippen molar-refractivity contribution in [2.24, 2.45) is 0 Å². The quantitative estimate of drug-likeness (QED) is 0.919. The van der Waals surface area contributed by atoms with E-state index >= 15 is 0 Å². The van der Waals surface area contributed by atoms with Crippen LogP contribution in [0.5, 0.6) is 0 Å². The zero-order valence-corrected chi connectivity index (χ0v) is 13.1. The summed E-state index contributed by atoms with van der Waals surface area (Å²) in [4.78, 5) is 24.5. The zero-order valence-electron chi connectivity index (χ0n) is 13.1. The van der Waals surface area contributed by atoms with Crippen LogP contribution in [0.2, 0.25) is 0 Å². The van der Waals surface area contributed by atoms with E-state index < -0.39 is 0 Å². The number of aryl methyl sites for hydroxylation is 1. The molecule has 1 aliphatic rings. The number of likely N-dealkylation sites (N-methyl/N-ethyl adjacent to an activating group) is 1. The molecule has 22 heavy (non-hydrogen) atoms. The molecule has 0 bridgehead atoms. The smallest absolute Gasteiger partial charge is 0.257 e. The van der Waals surface area contributed by atoms with E-state index in [0.717, 1.165) is 32.0 Å². The summed E-state index contributed by atoms with van der Waals surface area (Å²) < 4.78 is 1.78. The van der Waals surface area contributed by atoms with Gasteiger partial charge in [-0.2, -0.15) is 5.10 Å². The van der Waals surface area contributed by atoms with Crippen LogP contribution in [0.4, 0.5) is 0 Å². The first-order chi connectivity index (χ1) is 10.7. The van der Waals surface area contributed by atoms with Crippen molar-refractivity contribution in [2.75, 3.05) is 26.2 Å². The number of H-pyrrole nitrogens is 1. The highest BCUT2D eigenvalue weighted by Gasteiger charge is 2.31. The van der Waals surface area contributed by atoms with Crippen LogP contribution in [0.3, 0.4) is 0 Å². The molecule has 1 saturated heterocycles. The molecule has 3 rings (SSSR count). The van der Waals surface area contributed by atoms with Gasteiger partial charge in [-0.15, -0.1) is 0 Å². The third kappa shape index (κ3) is 2.76. The molecule has 0 aromatic carbocycles. The van der Waals surface area contributed by atoms with E-state index in [1.165, 1.54) is 0 Å². The van der Waals surface area contributed by atoms with E-state index in [2.05, 4.69) is 26.9 Å². The summed E-state index contributed by atoms with van der Waals surface area (Å²) in [5, 5.41) is 4.19. The fraction of sp³-hybridized carbons (Fsp3) is 0.533. The lowest BCUT2D eigenvalue weighted by Gasteiger charge is -2.39. The van der Waals surface area contributed by atoms with Gasteiger partial charge in [-0.25, -0.2) is 4.98 Å². The van der Waals surface area contributed by atoms with Crippen molar-refractivity contribution in [3.63, 3.8) is 0 Å². The van der Waals surface area contributed by atoms with Gasteiger partial charge in [0.2, 0.25) is 0 Å². The van der Waals surface area contributed by atoms with Gasteiger partial charge in [0.05, 0.1) is 17.8 Å². The van der Waals surface area contributed by atoms with Crippen molar-refractivity contribution < 1.29 is 4.79 Å². The highest BCUT2D eigenvalue weighted by molar-refractivity contribution is 5.93. The number of carbonyl (C=O) groups is 1. The van der Waals surface area contributed by atoms with Gasteiger partial charge < -0.3 is 9.88 Å². The molecule has 0 radical (unpaired) electrons. The van der Waals surface area contributed by atoms with Crippen molar-refractivity contribution in [1.82, 2.24) is 29.5 Å². The van der Waals surface area contributed by atoms with E-state index in [0.29, 0.717) is 12.1 Å². The maximum Gasteiger partial charge on any atom is 0.257 e. The SMILES string of the molecule is CCN1CCN(C(=O)c2cnn(CC)c2)CC1c1ncc[nH]1. The van der Waals surface area contributed by atoms with Crippen LogP contribution in [0, 0.1) is 0 Å². The van der Waals surface area contributed by atoms with Crippen LogP contribution in [0.15, 0.2) is 24.8 Å². The maximum absolute atomic E-state index is 12.7. The van der Waals surface area contributed by atoms with E-state index in [4.69, 9.17) is 0 Å². The van der Waals surface area contributed by atoms with Gasteiger partial charge in [-0.3, -0.25) is 14.4 Å². The Morgan fingerprint density at radius 1 is 1.36 bits per heavy atom. The highest BCUT2D eigenvalue weighted by atomic mass is 16.2. The van der Waals surface area contributed by atoms with Gasteiger partial charge in [0, 0.05) is 44.8 Å². The monoisotopic (exact) mass is 302 g/mol. The maximum atomic E-state index is 12.7. The Kier molecular flexibility index (Phi) is 4.24. The number of aromatic nitrogens is 4. The summed E-state index contributed by atoms with van der Waals surface area (Å²) in [5.41, 5.74) is 0.657. The van der Waals surface area contributed by atoms with E-state index in [9.17, 15) is 4.79 Å². The molecule has 1 aliphatic heterocycles. The van der Waals surface area contributed by atoms with Crippen LogP contribution in [-0.2, 0) is 6.54 Å². The second-order valence-electron chi connectivity index (χ2n) is 5.45. The standard InChI is InChI=1S/C15H22N6O/c1-3-19-7-8-20(11-13(19)14-16-5-6-17-14)15(22)12-9-18-21(4-2)10-12/h5-6,9-10,13H,3-4,7-8,11H2,1-2H3,(H,16,17). The molecule has 2 aromatic heterocycles. The number of nitrogens with zero attached hydrogens (tertiary/aromatic N) is 5. The molecule has 118 valence electrons. The van der Waals surface area contributed by atoms with Crippen molar-refractivity contribution in [3.05, 3.63) is 36.2 Å². The lowest BCUT2D eigenvalue weighted by molar-refractivity contribution is 0.0480. The molecule has 7 nitrogen and oxygen atoms in total. The molecule has 0 saturated carbocycles. The van der Waals surface area contributed by atoms with Gasteiger partial charge >= 0.3 is 0 Å². The predicted octanol–water partition coefficient (Wildman–Crippen LogP) is 1.15.